The summed E-state index contributed by atoms with van der Waals surface area (Å²) in [5.41, 5.74) is -0.315. The molecule has 0 aromatic rings. The molecule has 1 N–H and O–H groups in total. The maximum atomic E-state index is 11.8. The second-order valence-corrected chi connectivity index (χ2v) is 4.58. The molecule has 0 bridgehead atoms. The van der Waals surface area contributed by atoms with Crippen molar-refractivity contribution < 1.29 is 4.79 Å². The summed E-state index contributed by atoms with van der Waals surface area (Å²) < 4.78 is 0. The van der Waals surface area contributed by atoms with Crippen molar-refractivity contribution in [1.29, 1.82) is 0 Å². The fourth-order valence-electron chi connectivity index (χ4n) is 1.75. The van der Waals surface area contributed by atoms with Gasteiger partial charge in [-0.25, -0.2) is 0 Å². The number of rotatable bonds is 5. The lowest BCUT2D eigenvalue weighted by Gasteiger charge is -2.30. The fourth-order valence-corrected chi connectivity index (χ4v) is 1.75. The third-order valence-electron chi connectivity index (χ3n) is 3.01. The summed E-state index contributed by atoms with van der Waals surface area (Å²) in [4.78, 5) is 11.8. The molecule has 2 heteroatoms. The van der Waals surface area contributed by atoms with Crippen molar-refractivity contribution in [1.82, 2.24) is 5.32 Å². The maximum Gasteiger partial charge on any atom is 0.152 e. The summed E-state index contributed by atoms with van der Waals surface area (Å²) in [6, 6.07) is 0. The Morgan fingerprint density at radius 1 is 1.46 bits per heavy atom. The van der Waals surface area contributed by atoms with Crippen LogP contribution in [0.5, 0.6) is 0 Å². The van der Waals surface area contributed by atoms with Crippen LogP contribution in [0.2, 0.25) is 0 Å². The summed E-state index contributed by atoms with van der Waals surface area (Å²) in [7, 11) is 0. The minimum absolute atomic E-state index is 0.315. The van der Waals surface area contributed by atoms with Crippen LogP contribution in [0.15, 0.2) is 0 Å². The van der Waals surface area contributed by atoms with Crippen molar-refractivity contribution >= 4 is 5.78 Å². The first-order valence-corrected chi connectivity index (χ1v) is 5.34. The van der Waals surface area contributed by atoms with E-state index in [1.54, 1.807) is 0 Å². The Hall–Kier alpha value is -0.370. The number of hydrogen-bond donors (Lipinski definition) is 1. The monoisotopic (exact) mass is 183 g/mol. The van der Waals surface area contributed by atoms with Gasteiger partial charge in [-0.15, -0.1) is 0 Å². The smallest absolute Gasteiger partial charge is 0.152 e. The van der Waals surface area contributed by atoms with Gasteiger partial charge in [-0.1, -0.05) is 26.2 Å². The Balaban J connectivity index is 2.35. The Bertz CT molecular complexity index is 183. The summed E-state index contributed by atoms with van der Waals surface area (Å²) in [5, 5.41) is 3.23. The third kappa shape index (κ3) is 2.80. The summed E-state index contributed by atoms with van der Waals surface area (Å²) in [5.74, 6) is 1.06. The highest BCUT2D eigenvalue weighted by atomic mass is 16.1. The Labute approximate surface area is 81.1 Å². The first-order chi connectivity index (χ1) is 6.06. The molecule has 13 heavy (non-hydrogen) atoms. The van der Waals surface area contributed by atoms with Crippen LogP contribution in [-0.2, 0) is 4.79 Å². The highest BCUT2D eigenvalue weighted by Crippen LogP contribution is 2.30. The van der Waals surface area contributed by atoms with Crippen LogP contribution >= 0.6 is 0 Å². The van der Waals surface area contributed by atoms with E-state index in [-0.39, 0.29) is 5.54 Å². The van der Waals surface area contributed by atoms with Crippen molar-refractivity contribution in [3.63, 3.8) is 0 Å². The van der Waals surface area contributed by atoms with Crippen molar-refractivity contribution in [2.75, 3.05) is 6.54 Å². The van der Waals surface area contributed by atoms with Crippen molar-refractivity contribution in [2.24, 2.45) is 5.92 Å². The number of ketones is 1. The van der Waals surface area contributed by atoms with Crippen molar-refractivity contribution in [3.05, 3.63) is 0 Å². The Morgan fingerprint density at radius 3 is 2.46 bits per heavy atom. The number of carbonyl (C=O) groups is 1. The predicted molar refractivity (Wildman–Crippen MR) is 54.7 cm³/mol. The highest BCUT2D eigenvalue weighted by Gasteiger charge is 2.30. The van der Waals surface area contributed by atoms with Crippen LogP contribution in [0.25, 0.3) is 0 Å². The van der Waals surface area contributed by atoms with Crippen LogP contribution in [0.1, 0.15) is 46.5 Å². The topological polar surface area (TPSA) is 29.1 Å². The zero-order valence-corrected chi connectivity index (χ0v) is 9.02. The maximum absolute atomic E-state index is 11.8. The summed E-state index contributed by atoms with van der Waals surface area (Å²) >= 11 is 0. The van der Waals surface area contributed by atoms with Gasteiger partial charge in [-0.2, -0.15) is 0 Å². The molecule has 0 unspecified atom stereocenters. The molecule has 0 aromatic heterocycles. The molecule has 1 aliphatic rings. The lowest BCUT2D eigenvalue weighted by atomic mass is 9.79. The predicted octanol–water partition coefficient (Wildman–Crippen LogP) is 2.13. The Kier molecular flexibility index (Phi) is 3.48. The van der Waals surface area contributed by atoms with Crippen LogP contribution < -0.4 is 5.32 Å². The molecule has 0 atom stereocenters. The SMILES string of the molecule is CCNC(C)(C)C(=O)CC1CCC1. The average molecular weight is 183 g/mol. The van der Waals surface area contributed by atoms with E-state index in [4.69, 9.17) is 0 Å². The molecule has 0 heterocycles. The summed E-state index contributed by atoms with van der Waals surface area (Å²) in [6.07, 6.45) is 4.61. The Morgan fingerprint density at radius 2 is 2.08 bits per heavy atom. The van der Waals surface area contributed by atoms with E-state index in [0.29, 0.717) is 11.7 Å². The molecule has 1 saturated carbocycles. The van der Waals surface area contributed by atoms with E-state index in [1.165, 1.54) is 19.3 Å². The van der Waals surface area contributed by atoms with Gasteiger partial charge >= 0.3 is 0 Å². The normalized spacial score (nSPS) is 18.4. The number of carbonyl (C=O) groups excluding carboxylic acids is 1. The van der Waals surface area contributed by atoms with Crippen LogP contribution in [0.3, 0.4) is 0 Å². The largest absolute Gasteiger partial charge is 0.306 e. The zero-order chi connectivity index (χ0) is 9.90. The van der Waals surface area contributed by atoms with Gasteiger partial charge in [-0.05, 0) is 26.3 Å². The van der Waals surface area contributed by atoms with Crippen molar-refractivity contribution in [3.8, 4) is 0 Å². The van der Waals surface area contributed by atoms with E-state index < -0.39 is 0 Å². The highest BCUT2D eigenvalue weighted by molar-refractivity contribution is 5.87. The summed E-state index contributed by atoms with van der Waals surface area (Å²) in [6.45, 7) is 6.87. The molecule has 1 fully saturated rings. The van der Waals surface area contributed by atoms with Gasteiger partial charge in [0.1, 0.15) is 0 Å². The first-order valence-electron chi connectivity index (χ1n) is 5.34. The van der Waals surface area contributed by atoms with Gasteiger partial charge in [0.2, 0.25) is 0 Å². The second kappa shape index (κ2) is 4.23. The van der Waals surface area contributed by atoms with E-state index in [9.17, 15) is 4.79 Å². The van der Waals surface area contributed by atoms with Crippen LogP contribution in [0.4, 0.5) is 0 Å². The van der Waals surface area contributed by atoms with Gasteiger partial charge in [0.25, 0.3) is 0 Å². The lowest BCUT2D eigenvalue weighted by molar-refractivity contribution is -0.125. The minimum atomic E-state index is -0.315. The molecule has 76 valence electrons. The minimum Gasteiger partial charge on any atom is -0.306 e. The standard InChI is InChI=1S/C11H21NO/c1-4-12-11(2,3)10(13)8-9-6-5-7-9/h9,12H,4-8H2,1-3H3. The average Bonchev–Trinajstić information content (AvgIpc) is 1.96. The molecule has 0 spiro atoms. The van der Waals surface area contributed by atoms with E-state index in [1.807, 2.05) is 20.8 Å². The molecule has 2 nitrogen and oxygen atoms in total. The molecule has 0 saturated heterocycles. The molecule has 0 radical (unpaired) electrons. The fraction of sp³-hybridized carbons (Fsp3) is 0.909. The molecule has 0 aromatic carbocycles. The van der Waals surface area contributed by atoms with Gasteiger partial charge in [0, 0.05) is 6.42 Å². The second-order valence-electron chi connectivity index (χ2n) is 4.58. The number of Topliss-reactive ketones (excluding diaryl/α,β-unsaturated/α-hetero) is 1. The quantitative estimate of drug-likeness (QED) is 0.707. The van der Waals surface area contributed by atoms with Gasteiger partial charge in [0.05, 0.1) is 5.54 Å². The molecular formula is C11H21NO. The number of likely N-dealkylation sites (N-methyl/N-ethyl adjacent to an activating group) is 1. The first kappa shape index (κ1) is 10.7. The van der Waals surface area contributed by atoms with Crippen molar-refractivity contribution in [2.45, 2.75) is 52.0 Å². The van der Waals surface area contributed by atoms with Gasteiger partial charge in [-0.3, -0.25) is 4.79 Å². The molecule has 0 aliphatic heterocycles. The third-order valence-corrected chi connectivity index (χ3v) is 3.01. The molecular weight excluding hydrogens is 162 g/mol. The van der Waals surface area contributed by atoms with Crippen LogP contribution in [0, 0.1) is 5.92 Å². The zero-order valence-electron chi connectivity index (χ0n) is 9.02. The number of hydrogen-bond acceptors (Lipinski definition) is 2. The molecule has 1 rings (SSSR count). The molecule has 0 amide bonds. The van der Waals surface area contributed by atoms with Crippen LogP contribution in [-0.4, -0.2) is 17.9 Å². The van der Waals surface area contributed by atoms with Gasteiger partial charge in [0.15, 0.2) is 5.78 Å². The molecule has 1 aliphatic carbocycles. The van der Waals surface area contributed by atoms with Gasteiger partial charge < -0.3 is 5.32 Å². The van der Waals surface area contributed by atoms with E-state index in [0.717, 1.165) is 13.0 Å². The number of nitrogens with one attached hydrogen (secondary N) is 1. The van der Waals surface area contributed by atoms with E-state index in [2.05, 4.69) is 5.32 Å². The lowest BCUT2D eigenvalue weighted by Crippen LogP contribution is -2.47. The van der Waals surface area contributed by atoms with E-state index >= 15 is 0 Å².